The van der Waals surface area contributed by atoms with Crippen LogP contribution in [0.1, 0.15) is 0 Å². The quantitative estimate of drug-likeness (QED) is 0.233. The van der Waals surface area contributed by atoms with Gasteiger partial charge in [0.25, 0.3) is 0 Å². The Balaban J connectivity index is 1.28. The molecule has 2 aromatic heterocycles. The van der Waals surface area contributed by atoms with Gasteiger partial charge in [0.2, 0.25) is 0 Å². The van der Waals surface area contributed by atoms with E-state index >= 15 is 0 Å². The van der Waals surface area contributed by atoms with E-state index in [-0.39, 0.29) is 0 Å². The van der Waals surface area contributed by atoms with Gasteiger partial charge in [0, 0.05) is 32.9 Å². The number of rotatable bonds is 4. The number of para-hydroxylation sites is 4. The predicted octanol–water partition coefficient (Wildman–Crippen LogP) is 10.6. The third-order valence-corrected chi connectivity index (χ3v) is 8.49. The van der Waals surface area contributed by atoms with E-state index in [1.807, 2.05) is 121 Å². The first kappa shape index (κ1) is 22.7. The van der Waals surface area contributed by atoms with Gasteiger partial charge < -0.3 is 16.8 Å². The van der Waals surface area contributed by atoms with Crippen LogP contribution < -0.4 is 10.2 Å². The van der Waals surface area contributed by atoms with Crippen molar-refractivity contribution in [3.63, 3.8) is 0 Å². The third-order valence-electron chi connectivity index (χ3n) is 6.16. The first-order valence-electron chi connectivity index (χ1n) is 12.1. The normalized spacial score (nSPS) is 11.2. The fourth-order valence-electron chi connectivity index (χ4n) is 4.43. The lowest BCUT2D eigenvalue weighted by molar-refractivity contribution is 0.645. The molecule has 0 amide bonds. The van der Waals surface area contributed by atoms with Gasteiger partial charge in [-0.3, -0.25) is 10.2 Å². The molecule has 2 N–H and O–H groups in total. The van der Waals surface area contributed by atoms with Gasteiger partial charge in [0.1, 0.15) is 22.3 Å². The van der Waals surface area contributed by atoms with Crippen molar-refractivity contribution in [2.45, 2.75) is 0 Å². The van der Waals surface area contributed by atoms with Gasteiger partial charge in [-0.05, 0) is 42.5 Å². The van der Waals surface area contributed by atoms with Crippen molar-refractivity contribution in [1.29, 1.82) is 0 Å². The predicted molar refractivity (Wildman–Crippen MR) is 157 cm³/mol. The average Bonchev–Trinajstić information content (AvgIpc) is 3.20. The van der Waals surface area contributed by atoms with Gasteiger partial charge in [-0.2, -0.15) is 0 Å². The first-order chi connectivity index (χ1) is 18.8. The molecule has 7 aromatic rings. The molecule has 0 fully saturated rings. The standard InChI is InChI=1S/C30H22N2O4P2/c1-5-16-27-23(12-1)24-13-2-6-17-28(24)34-37(33-27)31-21-10-9-11-22(20-21)32-38-35-29-18-7-3-14-25(29)26-15-4-8-19-30(26)36-38/h1-20,31-32H. The monoisotopic (exact) mass is 536 g/mol. The lowest BCUT2D eigenvalue weighted by Crippen LogP contribution is -1.88. The number of nitrogens with one attached hydrogen (secondary N) is 2. The number of hydrogen-bond acceptors (Lipinski definition) is 6. The van der Waals surface area contributed by atoms with Gasteiger partial charge in [0.05, 0.1) is 0 Å². The van der Waals surface area contributed by atoms with Crippen molar-refractivity contribution in [3.05, 3.63) is 121 Å². The molecule has 7 rings (SSSR count). The van der Waals surface area contributed by atoms with Crippen LogP contribution in [0.4, 0.5) is 11.4 Å². The van der Waals surface area contributed by atoms with E-state index in [1.54, 1.807) is 0 Å². The van der Waals surface area contributed by atoms with E-state index < -0.39 is 16.3 Å². The van der Waals surface area contributed by atoms with Gasteiger partial charge in [-0.1, -0.05) is 78.9 Å². The summed E-state index contributed by atoms with van der Waals surface area (Å²) in [5, 5.41) is 10.9. The van der Waals surface area contributed by atoms with Crippen molar-refractivity contribution in [3.8, 4) is 0 Å². The van der Waals surface area contributed by atoms with Gasteiger partial charge >= 0.3 is 16.3 Å². The second-order valence-electron chi connectivity index (χ2n) is 8.67. The Hall–Kier alpha value is -4.50. The molecule has 0 saturated heterocycles. The van der Waals surface area contributed by atoms with Crippen LogP contribution in [-0.2, 0) is 0 Å². The van der Waals surface area contributed by atoms with Crippen LogP contribution in [0.15, 0.2) is 138 Å². The summed E-state index contributed by atoms with van der Waals surface area (Å²) in [6, 6.07) is 39.9. The van der Waals surface area contributed by atoms with Crippen molar-refractivity contribution in [2.75, 3.05) is 10.2 Å². The highest BCUT2D eigenvalue weighted by Crippen LogP contribution is 2.38. The molecular weight excluding hydrogens is 514 g/mol. The Labute approximate surface area is 219 Å². The molecule has 0 aliphatic heterocycles. The molecule has 6 nitrogen and oxygen atoms in total. The van der Waals surface area contributed by atoms with Crippen molar-refractivity contribution in [2.24, 2.45) is 0 Å². The topological polar surface area (TPSA) is 76.6 Å². The molecule has 0 bridgehead atoms. The molecule has 0 unspecified atom stereocenters. The average molecular weight is 536 g/mol. The maximum Gasteiger partial charge on any atom is 0.338 e. The molecule has 0 saturated carbocycles. The summed E-state index contributed by atoms with van der Waals surface area (Å²) in [4.78, 5) is 0. The zero-order chi connectivity index (χ0) is 25.3. The summed E-state index contributed by atoms with van der Waals surface area (Å²) in [7, 11) is -2.98. The fourth-order valence-corrected chi connectivity index (χ4v) is 6.74. The van der Waals surface area contributed by atoms with Gasteiger partial charge in [-0.15, -0.1) is 0 Å². The van der Waals surface area contributed by atoms with Crippen LogP contribution in [0.3, 0.4) is 0 Å². The molecule has 38 heavy (non-hydrogen) atoms. The highest BCUT2D eigenvalue weighted by Gasteiger charge is 2.09. The second kappa shape index (κ2) is 9.75. The molecule has 0 aliphatic carbocycles. The summed E-state index contributed by atoms with van der Waals surface area (Å²) in [5.74, 6) is 0. The maximum atomic E-state index is 6.29. The highest BCUT2D eigenvalue weighted by atomic mass is 31.1. The summed E-state index contributed by atoms with van der Waals surface area (Å²) >= 11 is 0. The second-order valence-corrected chi connectivity index (χ2v) is 10.9. The highest BCUT2D eigenvalue weighted by molar-refractivity contribution is 7.39. The van der Waals surface area contributed by atoms with Crippen LogP contribution >= 0.6 is 16.3 Å². The Morgan fingerprint density at radius 3 is 1.03 bits per heavy atom. The largest absolute Gasteiger partial charge is 0.404 e. The Morgan fingerprint density at radius 2 is 0.684 bits per heavy atom. The fraction of sp³-hybridized carbons (Fsp3) is 0. The van der Waals surface area contributed by atoms with E-state index in [9.17, 15) is 0 Å². The molecule has 0 aliphatic rings. The molecule has 0 atom stereocenters. The van der Waals surface area contributed by atoms with Gasteiger partial charge in [-0.25, -0.2) is 0 Å². The zero-order valence-electron chi connectivity index (χ0n) is 20.1. The number of fused-ring (bicyclic) bond motifs is 6. The summed E-state index contributed by atoms with van der Waals surface area (Å²) in [6.45, 7) is 0. The number of hydrogen-bond donors (Lipinski definition) is 2. The Morgan fingerprint density at radius 1 is 0.368 bits per heavy atom. The molecule has 5 aromatic carbocycles. The SMILES string of the molecule is c1cc(Np2oc3ccccc3c3ccccc3o2)cc(Np2oc3ccccc3c3ccccc3o2)c1. The maximum absolute atomic E-state index is 6.29. The van der Waals surface area contributed by atoms with Crippen LogP contribution in [0, 0.1) is 0 Å². The number of anilines is 2. The lowest BCUT2D eigenvalue weighted by Gasteiger charge is -2.07. The molecule has 0 spiro atoms. The Bertz CT molecular complexity index is 1760. The molecular formula is C30H22N2O4P2. The van der Waals surface area contributed by atoms with Crippen molar-refractivity contribution < 1.29 is 16.8 Å². The lowest BCUT2D eigenvalue weighted by atomic mass is 10.1. The smallest absolute Gasteiger partial charge is 0.338 e. The van der Waals surface area contributed by atoms with E-state index in [1.165, 1.54) is 0 Å². The Kier molecular flexibility index (Phi) is 5.82. The molecule has 0 radical (unpaired) electrons. The molecule has 186 valence electrons. The number of benzene rings is 5. The van der Waals surface area contributed by atoms with E-state index in [0.717, 1.165) is 55.3 Å². The minimum atomic E-state index is -1.49. The van der Waals surface area contributed by atoms with Crippen LogP contribution in [-0.4, -0.2) is 0 Å². The van der Waals surface area contributed by atoms with E-state index in [0.29, 0.717) is 0 Å². The van der Waals surface area contributed by atoms with Crippen LogP contribution in [0.2, 0.25) is 0 Å². The van der Waals surface area contributed by atoms with E-state index in [2.05, 4.69) is 10.2 Å². The van der Waals surface area contributed by atoms with Gasteiger partial charge in [0.15, 0.2) is 0 Å². The van der Waals surface area contributed by atoms with Crippen LogP contribution in [0.25, 0.3) is 43.9 Å². The molecule has 8 heteroatoms. The van der Waals surface area contributed by atoms with Crippen molar-refractivity contribution >= 4 is 71.6 Å². The summed E-state index contributed by atoms with van der Waals surface area (Å²) in [6.07, 6.45) is 0. The molecule has 2 heterocycles. The minimum absolute atomic E-state index is 0.784. The first-order valence-corrected chi connectivity index (χ1v) is 14.5. The minimum Gasteiger partial charge on any atom is -0.404 e. The summed E-state index contributed by atoms with van der Waals surface area (Å²) in [5.41, 5.74) is 4.84. The van der Waals surface area contributed by atoms with Crippen LogP contribution in [0.5, 0.6) is 0 Å². The third kappa shape index (κ3) is 4.41. The zero-order valence-corrected chi connectivity index (χ0v) is 21.9. The summed E-state index contributed by atoms with van der Waals surface area (Å²) < 4.78 is 25.2. The van der Waals surface area contributed by atoms with Crippen molar-refractivity contribution in [1.82, 2.24) is 0 Å². The van der Waals surface area contributed by atoms with E-state index in [4.69, 9.17) is 16.8 Å².